The molecule has 30 heavy (non-hydrogen) atoms. The summed E-state index contributed by atoms with van der Waals surface area (Å²) in [5, 5.41) is 5.58. The summed E-state index contributed by atoms with van der Waals surface area (Å²) in [7, 11) is 5.59. The van der Waals surface area contributed by atoms with Gasteiger partial charge in [-0.1, -0.05) is 12.1 Å². The van der Waals surface area contributed by atoms with Crippen molar-refractivity contribution >= 4 is 23.3 Å². The summed E-state index contributed by atoms with van der Waals surface area (Å²) in [5.41, 5.74) is 2.63. The molecule has 0 aliphatic heterocycles. The number of aromatic nitrogens is 1. The Kier molecular flexibility index (Phi) is 7.32. The lowest BCUT2D eigenvalue weighted by Gasteiger charge is -2.25. The van der Waals surface area contributed by atoms with Crippen LogP contribution in [0.25, 0.3) is 16.6 Å². The molecular formula is C23H24FN3O2S. The first-order valence-corrected chi connectivity index (χ1v) is 10.3. The summed E-state index contributed by atoms with van der Waals surface area (Å²) in [5.74, 6) is 0.330. The number of carbonyl (C=O) groups excluding carboxylic acids is 1. The second-order valence-electron chi connectivity index (χ2n) is 6.92. The molecule has 0 bridgehead atoms. The summed E-state index contributed by atoms with van der Waals surface area (Å²) in [6.45, 7) is 0.473. The molecule has 1 atom stereocenters. The van der Waals surface area contributed by atoms with E-state index in [4.69, 9.17) is 4.74 Å². The first kappa shape index (κ1) is 21.7. The Balaban J connectivity index is 1.58. The van der Waals surface area contributed by atoms with E-state index >= 15 is 0 Å². The number of halogens is 1. The molecule has 3 aromatic rings. The maximum Gasteiger partial charge on any atom is 0.244 e. The highest BCUT2D eigenvalue weighted by molar-refractivity contribution is 7.13. The SMILES string of the molecule is COc1ccc(C(CNC(=O)/C=C/c2csc(-c3ccc(F)cc3)n2)N(C)C)cc1. The number of ether oxygens (including phenoxy) is 1. The largest absolute Gasteiger partial charge is 0.497 e. The van der Waals surface area contributed by atoms with Crippen molar-refractivity contribution < 1.29 is 13.9 Å². The van der Waals surface area contributed by atoms with Gasteiger partial charge in [-0.3, -0.25) is 4.79 Å². The van der Waals surface area contributed by atoms with Gasteiger partial charge in [0.1, 0.15) is 16.6 Å². The quantitative estimate of drug-likeness (QED) is 0.544. The topological polar surface area (TPSA) is 54.5 Å². The van der Waals surface area contributed by atoms with Crippen molar-refractivity contribution in [1.82, 2.24) is 15.2 Å². The van der Waals surface area contributed by atoms with E-state index in [1.165, 1.54) is 29.5 Å². The number of likely N-dealkylation sites (N-methyl/N-ethyl adjacent to an activating group) is 1. The van der Waals surface area contributed by atoms with Gasteiger partial charge in [-0.25, -0.2) is 9.37 Å². The maximum atomic E-state index is 13.1. The van der Waals surface area contributed by atoms with E-state index in [1.807, 2.05) is 43.7 Å². The van der Waals surface area contributed by atoms with Crippen LogP contribution in [0.5, 0.6) is 5.75 Å². The van der Waals surface area contributed by atoms with E-state index in [0.29, 0.717) is 12.2 Å². The molecule has 1 heterocycles. The summed E-state index contributed by atoms with van der Waals surface area (Å²) in [6, 6.07) is 14.0. The van der Waals surface area contributed by atoms with Gasteiger partial charge in [-0.05, 0) is 62.1 Å². The number of hydrogen-bond acceptors (Lipinski definition) is 5. The van der Waals surface area contributed by atoms with E-state index in [1.54, 1.807) is 25.3 Å². The molecule has 0 aliphatic rings. The first-order chi connectivity index (χ1) is 14.5. The Hall–Kier alpha value is -3.03. The molecule has 1 aromatic heterocycles. The minimum absolute atomic E-state index is 0.0395. The van der Waals surface area contributed by atoms with E-state index in [2.05, 4.69) is 15.2 Å². The number of carbonyl (C=O) groups is 1. The van der Waals surface area contributed by atoms with Crippen LogP contribution in [0.2, 0.25) is 0 Å². The molecular weight excluding hydrogens is 401 g/mol. The second kappa shape index (κ2) is 10.1. The fraction of sp³-hybridized carbons (Fsp3) is 0.217. The summed E-state index contributed by atoms with van der Waals surface area (Å²) in [4.78, 5) is 18.8. The number of thiazole rings is 1. The van der Waals surface area contributed by atoms with Crippen molar-refractivity contribution in [1.29, 1.82) is 0 Å². The molecule has 1 N–H and O–H groups in total. The van der Waals surface area contributed by atoms with Crippen LogP contribution >= 0.6 is 11.3 Å². The number of nitrogens with zero attached hydrogens (tertiary/aromatic N) is 2. The zero-order valence-corrected chi connectivity index (χ0v) is 17.9. The zero-order valence-electron chi connectivity index (χ0n) is 17.1. The van der Waals surface area contributed by atoms with Gasteiger partial charge < -0.3 is 15.0 Å². The van der Waals surface area contributed by atoms with Crippen LogP contribution in [-0.2, 0) is 4.79 Å². The smallest absolute Gasteiger partial charge is 0.244 e. The van der Waals surface area contributed by atoms with Crippen LogP contribution in [0.15, 0.2) is 60.0 Å². The fourth-order valence-corrected chi connectivity index (χ4v) is 3.72. The average Bonchev–Trinajstić information content (AvgIpc) is 3.22. The van der Waals surface area contributed by atoms with Gasteiger partial charge in [-0.15, -0.1) is 11.3 Å². The summed E-state index contributed by atoms with van der Waals surface area (Å²) in [6.07, 6.45) is 3.15. The van der Waals surface area contributed by atoms with Gasteiger partial charge in [0.2, 0.25) is 5.91 Å². The number of hydrogen-bond donors (Lipinski definition) is 1. The highest BCUT2D eigenvalue weighted by atomic mass is 32.1. The van der Waals surface area contributed by atoms with E-state index in [9.17, 15) is 9.18 Å². The third-order valence-electron chi connectivity index (χ3n) is 4.61. The average molecular weight is 426 g/mol. The predicted molar refractivity (Wildman–Crippen MR) is 119 cm³/mol. The van der Waals surface area contributed by atoms with Crippen LogP contribution in [0.1, 0.15) is 17.3 Å². The second-order valence-corrected chi connectivity index (χ2v) is 7.77. The molecule has 3 rings (SSSR count). The van der Waals surface area contributed by atoms with Crippen molar-refractivity contribution in [2.24, 2.45) is 0 Å². The molecule has 1 amide bonds. The van der Waals surface area contributed by atoms with E-state index in [0.717, 1.165) is 21.9 Å². The monoisotopic (exact) mass is 425 g/mol. The highest BCUT2D eigenvalue weighted by Gasteiger charge is 2.15. The van der Waals surface area contributed by atoms with E-state index in [-0.39, 0.29) is 17.8 Å². The number of rotatable bonds is 8. The third-order valence-corrected chi connectivity index (χ3v) is 5.52. The lowest BCUT2D eigenvalue weighted by molar-refractivity contribution is -0.116. The summed E-state index contributed by atoms with van der Waals surface area (Å²) < 4.78 is 18.3. The van der Waals surface area contributed by atoms with Crippen LogP contribution < -0.4 is 10.1 Å². The molecule has 0 saturated carbocycles. The van der Waals surface area contributed by atoms with Crippen molar-refractivity contribution in [3.63, 3.8) is 0 Å². The third kappa shape index (κ3) is 5.75. The number of methoxy groups -OCH3 is 1. The molecule has 0 aliphatic carbocycles. The molecule has 5 nitrogen and oxygen atoms in total. The Morgan fingerprint density at radius 1 is 1.20 bits per heavy atom. The Morgan fingerprint density at radius 2 is 1.90 bits per heavy atom. The number of nitrogens with one attached hydrogen (secondary N) is 1. The molecule has 0 saturated heterocycles. The first-order valence-electron chi connectivity index (χ1n) is 9.44. The van der Waals surface area contributed by atoms with Crippen molar-refractivity contribution in [3.8, 4) is 16.3 Å². The zero-order chi connectivity index (χ0) is 21.5. The Bertz CT molecular complexity index is 998. The van der Waals surface area contributed by atoms with Crippen molar-refractivity contribution in [2.75, 3.05) is 27.7 Å². The molecule has 2 aromatic carbocycles. The number of amides is 1. The lowest BCUT2D eigenvalue weighted by atomic mass is 10.1. The van der Waals surface area contributed by atoms with Gasteiger partial charge >= 0.3 is 0 Å². The van der Waals surface area contributed by atoms with Crippen LogP contribution in [0.4, 0.5) is 4.39 Å². The molecule has 1 unspecified atom stereocenters. The summed E-state index contributed by atoms with van der Waals surface area (Å²) >= 11 is 1.45. The predicted octanol–water partition coefficient (Wildman–Crippen LogP) is 4.39. The fourth-order valence-electron chi connectivity index (χ4n) is 2.93. The molecule has 0 radical (unpaired) electrons. The maximum absolute atomic E-state index is 13.1. The van der Waals surface area contributed by atoms with Gasteiger partial charge in [0.15, 0.2) is 0 Å². The Labute approximate surface area is 179 Å². The van der Waals surface area contributed by atoms with Crippen LogP contribution in [0, 0.1) is 5.82 Å². The molecule has 156 valence electrons. The lowest BCUT2D eigenvalue weighted by Crippen LogP contribution is -2.33. The standard InChI is InChI=1S/C23H24FN3O2S/c1-27(2)21(16-6-11-20(29-3)12-7-16)14-25-22(28)13-10-19-15-30-23(26-19)17-4-8-18(24)9-5-17/h4-13,15,21H,14H2,1-3H3,(H,25,28)/b13-10+. The van der Waals surface area contributed by atoms with Crippen molar-refractivity contribution in [3.05, 3.63) is 77.1 Å². The van der Waals surface area contributed by atoms with Gasteiger partial charge in [0.25, 0.3) is 0 Å². The van der Waals surface area contributed by atoms with Crippen molar-refractivity contribution in [2.45, 2.75) is 6.04 Å². The normalized spacial score (nSPS) is 12.3. The number of benzene rings is 2. The van der Waals surface area contributed by atoms with Gasteiger partial charge in [-0.2, -0.15) is 0 Å². The van der Waals surface area contributed by atoms with Crippen LogP contribution in [-0.4, -0.2) is 43.5 Å². The van der Waals surface area contributed by atoms with Gasteiger partial charge in [0, 0.05) is 23.6 Å². The minimum atomic E-state index is -0.280. The minimum Gasteiger partial charge on any atom is -0.497 e. The highest BCUT2D eigenvalue weighted by Crippen LogP contribution is 2.24. The van der Waals surface area contributed by atoms with E-state index < -0.39 is 0 Å². The Morgan fingerprint density at radius 3 is 2.53 bits per heavy atom. The molecule has 7 heteroatoms. The molecule has 0 spiro atoms. The van der Waals surface area contributed by atoms with Gasteiger partial charge in [0.05, 0.1) is 18.8 Å². The molecule has 0 fully saturated rings. The van der Waals surface area contributed by atoms with Crippen LogP contribution in [0.3, 0.4) is 0 Å².